The van der Waals surface area contributed by atoms with Gasteiger partial charge in [-0.1, -0.05) is 44.2 Å². The van der Waals surface area contributed by atoms with E-state index in [1.807, 2.05) is 51.2 Å². The average Bonchev–Trinajstić information content (AvgIpc) is 2.44. The maximum absolute atomic E-state index is 12.6. The number of carbonyl (C=O) groups excluding carboxylic acids is 1. The molecule has 1 amide bonds. The first-order valence-corrected chi connectivity index (χ1v) is 7.33. The molecule has 0 radical (unpaired) electrons. The van der Waals surface area contributed by atoms with Crippen LogP contribution >= 0.6 is 0 Å². The molecule has 112 valence electrons. The van der Waals surface area contributed by atoms with E-state index in [2.05, 4.69) is 13.8 Å². The molecule has 0 aliphatic rings. The van der Waals surface area contributed by atoms with Crippen LogP contribution in [0.15, 0.2) is 30.3 Å². The van der Waals surface area contributed by atoms with Gasteiger partial charge in [0.05, 0.1) is 5.41 Å². The van der Waals surface area contributed by atoms with Crippen molar-refractivity contribution in [2.75, 3.05) is 13.6 Å². The molecule has 0 aliphatic heterocycles. The third-order valence-corrected chi connectivity index (χ3v) is 4.03. The number of carbonyl (C=O) groups is 1. The van der Waals surface area contributed by atoms with E-state index in [0.29, 0.717) is 12.5 Å². The number of rotatable bonds is 6. The summed E-state index contributed by atoms with van der Waals surface area (Å²) in [6, 6.07) is 10.1. The van der Waals surface area contributed by atoms with Crippen LogP contribution in [0.1, 0.15) is 39.7 Å². The third-order valence-electron chi connectivity index (χ3n) is 4.03. The Balaban J connectivity index is 2.69. The van der Waals surface area contributed by atoms with Crippen molar-refractivity contribution < 1.29 is 4.79 Å². The quantitative estimate of drug-likeness (QED) is 0.868. The second kappa shape index (κ2) is 6.89. The van der Waals surface area contributed by atoms with Crippen molar-refractivity contribution in [2.45, 2.75) is 45.6 Å². The summed E-state index contributed by atoms with van der Waals surface area (Å²) in [7, 11) is 1.86. The van der Waals surface area contributed by atoms with Gasteiger partial charge in [0.1, 0.15) is 0 Å². The van der Waals surface area contributed by atoms with Gasteiger partial charge in [-0.25, -0.2) is 0 Å². The lowest BCUT2D eigenvalue weighted by Crippen LogP contribution is -2.43. The second-order valence-electron chi connectivity index (χ2n) is 6.41. The summed E-state index contributed by atoms with van der Waals surface area (Å²) in [5.41, 5.74) is 6.59. The summed E-state index contributed by atoms with van der Waals surface area (Å²) in [4.78, 5) is 14.4. The molecule has 0 bridgehead atoms. The SMILES string of the molecule is CC(C)C(N)CCN(C)C(=O)C(C)(C)c1ccccc1. The molecule has 0 fully saturated rings. The first-order valence-electron chi connectivity index (χ1n) is 7.33. The lowest BCUT2D eigenvalue weighted by molar-refractivity contribution is -0.135. The largest absolute Gasteiger partial charge is 0.345 e. The van der Waals surface area contributed by atoms with E-state index in [1.165, 1.54) is 0 Å². The van der Waals surface area contributed by atoms with Gasteiger partial charge >= 0.3 is 0 Å². The van der Waals surface area contributed by atoms with Crippen molar-refractivity contribution in [3.8, 4) is 0 Å². The highest BCUT2D eigenvalue weighted by Gasteiger charge is 2.32. The van der Waals surface area contributed by atoms with E-state index in [1.54, 1.807) is 4.90 Å². The molecule has 20 heavy (non-hydrogen) atoms. The van der Waals surface area contributed by atoms with Crippen molar-refractivity contribution in [2.24, 2.45) is 11.7 Å². The molecule has 0 heterocycles. The molecular weight excluding hydrogens is 248 g/mol. The smallest absolute Gasteiger partial charge is 0.232 e. The number of hydrogen-bond acceptors (Lipinski definition) is 2. The molecule has 0 saturated heterocycles. The Labute approximate surface area is 123 Å². The van der Waals surface area contributed by atoms with Gasteiger partial charge in [0.25, 0.3) is 0 Å². The van der Waals surface area contributed by atoms with Gasteiger partial charge in [0.15, 0.2) is 0 Å². The molecule has 2 N–H and O–H groups in total. The first-order chi connectivity index (χ1) is 9.26. The molecule has 1 unspecified atom stereocenters. The van der Waals surface area contributed by atoms with Gasteiger partial charge < -0.3 is 10.6 Å². The van der Waals surface area contributed by atoms with E-state index in [-0.39, 0.29) is 11.9 Å². The number of nitrogens with zero attached hydrogens (tertiary/aromatic N) is 1. The van der Waals surface area contributed by atoms with Gasteiger partial charge in [-0.05, 0) is 31.7 Å². The molecule has 3 heteroatoms. The fourth-order valence-electron chi connectivity index (χ4n) is 2.23. The summed E-state index contributed by atoms with van der Waals surface area (Å²) in [6.07, 6.45) is 0.838. The van der Waals surface area contributed by atoms with Crippen molar-refractivity contribution in [3.63, 3.8) is 0 Å². The number of benzene rings is 1. The van der Waals surface area contributed by atoms with Crippen LogP contribution in [0.5, 0.6) is 0 Å². The van der Waals surface area contributed by atoms with Crippen LogP contribution in [0.3, 0.4) is 0 Å². The number of nitrogens with two attached hydrogens (primary N) is 1. The number of hydrogen-bond donors (Lipinski definition) is 1. The summed E-state index contributed by atoms with van der Waals surface area (Å²) < 4.78 is 0. The highest BCUT2D eigenvalue weighted by molar-refractivity contribution is 5.87. The van der Waals surface area contributed by atoms with Crippen LogP contribution in [0.25, 0.3) is 0 Å². The van der Waals surface area contributed by atoms with Crippen LogP contribution in [-0.4, -0.2) is 30.4 Å². The van der Waals surface area contributed by atoms with Crippen molar-refractivity contribution in [3.05, 3.63) is 35.9 Å². The fourth-order valence-corrected chi connectivity index (χ4v) is 2.23. The van der Waals surface area contributed by atoms with Crippen LogP contribution in [0.4, 0.5) is 0 Å². The molecule has 0 aromatic heterocycles. The van der Waals surface area contributed by atoms with Crippen molar-refractivity contribution in [1.82, 2.24) is 4.90 Å². The van der Waals surface area contributed by atoms with Gasteiger partial charge in [-0.15, -0.1) is 0 Å². The molecule has 0 saturated carbocycles. The highest BCUT2D eigenvalue weighted by atomic mass is 16.2. The Hall–Kier alpha value is -1.35. The zero-order chi connectivity index (χ0) is 15.3. The Morgan fingerprint density at radius 3 is 2.30 bits per heavy atom. The normalized spacial score (nSPS) is 13.3. The fraction of sp³-hybridized carbons (Fsp3) is 0.588. The summed E-state index contributed by atoms with van der Waals surface area (Å²) >= 11 is 0. The van der Waals surface area contributed by atoms with E-state index in [0.717, 1.165) is 12.0 Å². The zero-order valence-electron chi connectivity index (χ0n) is 13.4. The van der Waals surface area contributed by atoms with Gasteiger partial charge in [-0.2, -0.15) is 0 Å². The molecular formula is C17H28N2O. The summed E-state index contributed by atoms with van der Waals surface area (Å²) in [5, 5.41) is 0. The monoisotopic (exact) mass is 276 g/mol. The maximum Gasteiger partial charge on any atom is 0.232 e. The number of amides is 1. The Bertz CT molecular complexity index is 426. The molecule has 3 nitrogen and oxygen atoms in total. The summed E-state index contributed by atoms with van der Waals surface area (Å²) in [5.74, 6) is 0.584. The van der Waals surface area contributed by atoms with E-state index < -0.39 is 5.41 Å². The van der Waals surface area contributed by atoms with Gasteiger partial charge in [0, 0.05) is 19.6 Å². The maximum atomic E-state index is 12.6. The van der Waals surface area contributed by atoms with Crippen LogP contribution in [0.2, 0.25) is 0 Å². The molecule has 0 spiro atoms. The molecule has 0 aliphatic carbocycles. The molecule has 1 aromatic carbocycles. The van der Waals surface area contributed by atoms with E-state index in [9.17, 15) is 4.79 Å². The lowest BCUT2D eigenvalue weighted by Gasteiger charge is -2.30. The lowest BCUT2D eigenvalue weighted by atomic mass is 9.83. The third kappa shape index (κ3) is 4.07. The van der Waals surface area contributed by atoms with Crippen molar-refractivity contribution in [1.29, 1.82) is 0 Å². The average molecular weight is 276 g/mol. The van der Waals surface area contributed by atoms with Crippen LogP contribution in [-0.2, 0) is 10.2 Å². The van der Waals surface area contributed by atoms with Gasteiger partial charge in [-0.3, -0.25) is 4.79 Å². The minimum absolute atomic E-state index is 0.139. The summed E-state index contributed by atoms with van der Waals surface area (Å²) in [6.45, 7) is 8.88. The van der Waals surface area contributed by atoms with Gasteiger partial charge in [0.2, 0.25) is 5.91 Å². The Kier molecular flexibility index (Phi) is 5.75. The zero-order valence-corrected chi connectivity index (χ0v) is 13.4. The Morgan fingerprint density at radius 1 is 1.25 bits per heavy atom. The molecule has 1 rings (SSSR count). The van der Waals surface area contributed by atoms with Crippen LogP contribution < -0.4 is 5.73 Å². The minimum atomic E-state index is -0.502. The Morgan fingerprint density at radius 2 is 1.80 bits per heavy atom. The minimum Gasteiger partial charge on any atom is -0.345 e. The topological polar surface area (TPSA) is 46.3 Å². The van der Waals surface area contributed by atoms with Crippen LogP contribution in [0, 0.1) is 5.92 Å². The second-order valence-corrected chi connectivity index (χ2v) is 6.41. The molecule has 1 atom stereocenters. The predicted molar refractivity (Wildman–Crippen MR) is 84.5 cm³/mol. The molecule has 1 aromatic rings. The highest BCUT2D eigenvalue weighted by Crippen LogP contribution is 2.25. The van der Waals surface area contributed by atoms with E-state index >= 15 is 0 Å². The number of likely N-dealkylation sites (N-methyl/N-ethyl adjacent to an activating group) is 1. The standard InChI is InChI=1S/C17H28N2O/c1-13(2)15(18)11-12-19(5)16(20)17(3,4)14-9-7-6-8-10-14/h6-10,13,15H,11-12,18H2,1-5H3. The van der Waals surface area contributed by atoms with E-state index in [4.69, 9.17) is 5.73 Å². The first kappa shape index (κ1) is 16.7. The predicted octanol–water partition coefficient (Wildman–Crippen LogP) is 2.80. The van der Waals surface area contributed by atoms with Crippen molar-refractivity contribution >= 4 is 5.91 Å².